The topological polar surface area (TPSA) is 21.6 Å². The number of methoxy groups -OCH3 is 1. The lowest BCUT2D eigenvalue weighted by Crippen LogP contribution is -2.16. The van der Waals surface area contributed by atoms with E-state index in [0.717, 1.165) is 11.7 Å². The van der Waals surface area contributed by atoms with Gasteiger partial charge in [-0.3, -0.25) is 4.99 Å². The zero-order valence-electron chi connectivity index (χ0n) is 14.8. The third kappa shape index (κ3) is 4.37. The summed E-state index contributed by atoms with van der Waals surface area (Å²) in [6.45, 7) is 2.20. The van der Waals surface area contributed by atoms with E-state index < -0.39 is 0 Å². The summed E-state index contributed by atoms with van der Waals surface area (Å²) < 4.78 is 5.31. The standard InChI is InChI=1S/C21H31NO/c1-16-15-20(23-2)14-13-17(16)11-12-18-7-6-10-21(18)22-19-8-4-3-5-9-19/h13-15,18-19H,3-12H2,1-2H3. The highest BCUT2D eigenvalue weighted by Crippen LogP contribution is 2.30. The second-order valence-electron chi connectivity index (χ2n) is 7.33. The number of hydrogen-bond acceptors (Lipinski definition) is 2. The van der Waals surface area contributed by atoms with Gasteiger partial charge >= 0.3 is 0 Å². The van der Waals surface area contributed by atoms with Crippen LogP contribution >= 0.6 is 0 Å². The summed E-state index contributed by atoms with van der Waals surface area (Å²) in [6.07, 6.45) is 13.2. The van der Waals surface area contributed by atoms with Gasteiger partial charge in [0.1, 0.15) is 5.75 Å². The van der Waals surface area contributed by atoms with Crippen LogP contribution in [0.3, 0.4) is 0 Å². The van der Waals surface area contributed by atoms with Crippen molar-refractivity contribution < 1.29 is 4.74 Å². The Kier molecular flexibility index (Phi) is 5.75. The largest absolute Gasteiger partial charge is 0.497 e. The van der Waals surface area contributed by atoms with Crippen LogP contribution in [-0.4, -0.2) is 18.9 Å². The van der Waals surface area contributed by atoms with Gasteiger partial charge in [-0.2, -0.15) is 0 Å². The summed E-state index contributed by atoms with van der Waals surface area (Å²) in [7, 11) is 1.74. The molecular formula is C21H31NO. The second-order valence-corrected chi connectivity index (χ2v) is 7.33. The van der Waals surface area contributed by atoms with Crippen molar-refractivity contribution in [2.24, 2.45) is 10.9 Å². The SMILES string of the molecule is COc1ccc(CCC2CCCC2=NC2CCCCC2)c(C)c1. The summed E-state index contributed by atoms with van der Waals surface area (Å²) in [6, 6.07) is 7.12. The smallest absolute Gasteiger partial charge is 0.119 e. The normalized spacial score (nSPS) is 24.3. The van der Waals surface area contributed by atoms with Crippen LogP contribution in [0.5, 0.6) is 5.75 Å². The first-order valence-electron chi connectivity index (χ1n) is 9.46. The molecule has 1 atom stereocenters. The zero-order chi connectivity index (χ0) is 16.1. The molecule has 0 spiro atoms. The van der Waals surface area contributed by atoms with Crippen LogP contribution in [0.15, 0.2) is 23.2 Å². The molecule has 0 amide bonds. The van der Waals surface area contributed by atoms with Gasteiger partial charge in [0.05, 0.1) is 7.11 Å². The average Bonchev–Trinajstić information content (AvgIpc) is 3.01. The van der Waals surface area contributed by atoms with Gasteiger partial charge in [-0.25, -0.2) is 0 Å². The van der Waals surface area contributed by atoms with E-state index >= 15 is 0 Å². The van der Waals surface area contributed by atoms with Gasteiger partial charge in [0.2, 0.25) is 0 Å². The van der Waals surface area contributed by atoms with Crippen LogP contribution < -0.4 is 4.74 Å². The molecule has 1 unspecified atom stereocenters. The van der Waals surface area contributed by atoms with Gasteiger partial charge in [-0.05, 0) is 81.0 Å². The lowest BCUT2D eigenvalue weighted by Gasteiger charge is -2.20. The molecule has 0 saturated heterocycles. The molecule has 2 aliphatic carbocycles. The third-order valence-electron chi connectivity index (χ3n) is 5.69. The van der Waals surface area contributed by atoms with Crippen LogP contribution in [0.2, 0.25) is 0 Å². The van der Waals surface area contributed by atoms with Crippen LogP contribution in [0.4, 0.5) is 0 Å². The van der Waals surface area contributed by atoms with Crippen molar-refractivity contribution in [1.82, 2.24) is 0 Å². The van der Waals surface area contributed by atoms with E-state index in [0.29, 0.717) is 6.04 Å². The Balaban J connectivity index is 1.59. The molecule has 1 aromatic rings. The summed E-state index contributed by atoms with van der Waals surface area (Å²) in [4.78, 5) is 5.18. The first-order chi connectivity index (χ1) is 11.3. The molecule has 0 N–H and O–H groups in total. The Bertz CT molecular complexity index is 543. The molecule has 3 rings (SSSR count). The highest BCUT2D eigenvalue weighted by molar-refractivity contribution is 5.88. The van der Waals surface area contributed by atoms with Gasteiger partial charge in [0.15, 0.2) is 0 Å². The highest BCUT2D eigenvalue weighted by atomic mass is 16.5. The fraction of sp³-hybridized carbons (Fsp3) is 0.667. The van der Waals surface area contributed by atoms with Gasteiger partial charge in [-0.15, -0.1) is 0 Å². The van der Waals surface area contributed by atoms with Crippen molar-refractivity contribution in [3.8, 4) is 5.75 Å². The lowest BCUT2D eigenvalue weighted by atomic mass is 9.93. The van der Waals surface area contributed by atoms with Gasteiger partial charge in [0, 0.05) is 11.8 Å². The van der Waals surface area contributed by atoms with E-state index in [1.165, 1.54) is 75.3 Å². The number of aliphatic imine (C=N–C) groups is 1. The summed E-state index contributed by atoms with van der Waals surface area (Å²) in [5.41, 5.74) is 4.37. The molecular weight excluding hydrogens is 282 g/mol. The summed E-state index contributed by atoms with van der Waals surface area (Å²) >= 11 is 0. The first-order valence-corrected chi connectivity index (χ1v) is 9.46. The molecule has 0 aliphatic heterocycles. The van der Waals surface area contributed by atoms with E-state index in [2.05, 4.69) is 25.1 Å². The number of rotatable bonds is 5. The predicted molar refractivity (Wildman–Crippen MR) is 97.7 cm³/mol. The Hall–Kier alpha value is -1.31. The molecule has 2 fully saturated rings. The van der Waals surface area contributed by atoms with Crippen molar-refractivity contribution in [1.29, 1.82) is 0 Å². The van der Waals surface area contributed by atoms with Gasteiger partial charge in [0.25, 0.3) is 0 Å². The third-order valence-corrected chi connectivity index (χ3v) is 5.69. The van der Waals surface area contributed by atoms with Crippen molar-refractivity contribution >= 4 is 5.71 Å². The van der Waals surface area contributed by atoms with Crippen molar-refractivity contribution in [3.63, 3.8) is 0 Å². The van der Waals surface area contributed by atoms with Crippen molar-refractivity contribution in [2.75, 3.05) is 7.11 Å². The van der Waals surface area contributed by atoms with Crippen LogP contribution in [-0.2, 0) is 6.42 Å². The minimum absolute atomic E-state index is 0.641. The molecule has 2 heteroatoms. The predicted octanol–water partition coefficient (Wildman–Crippen LogP) is 5.51. The van der Waals surface area contributed by atoms with Gasteiger partial charge in [-0.1, -0.05) is 25.3 Å². The van der Waals surface area contributed by atoms with Gasteiger partial charge < -0.3 is 4.74 Å². The molecule has 2 aliphatic rings. The van der Waals surface area contributed by atoms with Crippen molar-refractivity contribution in [2.45, 2.75) is 77.2 Å². The molecule has 0 radical (unpaired) electrons. The molecule has 0 heterocycles. The molecule has 126 valence electrons. The first kappa shape index (κ1) is 16.5. The maximum Gasteiger partial charge on any atom is 0.119 e. The van der Waals surface area contributed by atoms with Crippen molar-refractivity contribution in [3.05, 3.63) is 29.3 Å². The fourth-order valence-electron chi connectivity index (χ4n) is 4.23. The van der Waals surface area contributed by atoms with E-state index in [1.807, 2.05) is 0 Å². The molecule has 2 nitrogen and oxygen atoms in total. The quantitative estimate of drug-likeness (QED) is 0.702. The number of nitrogens with zero attached hydrogens (tertiary/aromatic N) is 1. The number of ether oxygens (including phenoxy) is 1. The maximum atomic E-state index is 5.31. The van der Waals surface area contributed by atoms with Crippen LogP contribution in [0.1, 0.15) is 68.9 Å². The molecule has 0 aromatic heterocycles. The Morgan fingerprint density at radius 1 is 1.09 bits per heavy atom. The minimum atomic E-state index is 0.641. The average molecular weight is 313 g/mol. The Labute approximate surface area is 141 Å². The zero-order valence-corrected chi connectivity index (χ0v) is 14.8. The van der Waals surface area contributed by atoms with E-state index in [4.69, 9.17) is 9.73 Å². The van der Waals surface area contributed by atoms with E-state index in [9.17, 15) is 0 Å². The summed E-state index contributed by atoms with van der Waals surface area (Å²) in [5.74, 6) is 1.70. The van der Waals surface area contributed by atoms with Crippen LogP contribution in [0.25, 0.3) is 0 Å². The highest BCUT2D eigenvalue weighted by Gasteiger charge is 2.24. The van der Waals surface area contributed by atoms with E-state index in [1.54, 1.807) is 12.8 Å². The Morgan fingerprint density at radius 2 is 1.91 bits per heavy atom. The molecule has 1 aromatic carbocycles. The number of aryl methyl sites for hydroxylation is 2. The maximum absolute atomic E-state index is 5.31. The monoisotopic (exact) mass is 313 g/mol. The molecule has 2 saturated carbocycles. The van der Waals surface area contributed by atoms with E-state index in [-0.39, 0.29) is 0 Å². The molecule has 0 bridgehead atoms. The number of hydrogen-bond donors (Lipinski definition) is 0. The Morgan fingerprint density at radius 3 is 2.65 bits per heavy atom. The summed E-state index contributed by atoms with van der Waals surface area (Å²) in [5, 5.41) is 0. The fourth-order valence-corrected chi connectivity index (χ4v) is 4.23. The lowest BCUT2D eigenvalue weighted by molar-refractivity contribution is 0.414. The van der Waals surface area contributed by atoms with Crippen LogP contribution in [0, 0.1) is 12.8 Å². The second kappa shape index (κ2) is 7.99. The number of benzene rings is 1. The minimum Gasteiger partial charge on any atom is -0.497 e. The molecule has 23 heavy (non-hydrogen) atoms.